The van der Waals surface area contributed by atoms with E-state index in [1.165, 1.54) is 0 Å². The summed E-state index contributed by atoms with van der Waals surface area (Å²) < 4.78 is 6.66. The molecule has 0 aliphatic heterocycles. The van der Waals surface area contributed by atoms with Crippen molar-refractivity contribution < 1.29 is 9.53 Å². The first-order chi connectivity index (χ1) is 11.2. The van der Waals surface area contributed by atoms with Crippen LogP contribution in [0.2, 0.25) is 0 Å². The van der Waals surface area contributed by atoms with Gasteiger partial charge in [-0.25, -0.2) is 0 Å². The molecule has 0 unspecified atom stereocenters. The third kappa shape index (κ3) is 5.81. The molecule has 0 fully saturated rings. The molecule has 0 atom stereocenters. The van der Waals surface area contributed by atoms with E-state index in [0.29, 0.717) is 17.7 Å². The highest BCUT2D eigenvalue weighted by atomic mass is 79.9. The van der Waals surface area contributed by atoms with Crippen molar-refractivity contribution in [2.75, 3.05) is 13.2 Å². The SMILES string of the molecule is NCCCCCCOc1ccc(C(=O)c2ccc(Br)cc2)cc1. The van der Waals surface area contributed by atoms with Crippen LogP contribution in [-0.2, 0) is 0 Å². The Labute approximate surface area is 146 Å². The first-order valence-electron chi connectivity index (χ1n) is 7.94. The number of carbonyl (C=O) groups excluding carboxylic acids is 1. The summed E-state index contributed by atoms with van der Waals surface area (Å²) in [5.74, 6) is 0.821. The monoisotopic (exact) mass is 375 g/mol. The van der Waals surface area contributed by atoms with Crippen LogP contribution >= 0.6 is 15.9 Å². The molecule has 0 bridgehead atoms. The Bertz CT molecular complexity index is 608. The van der Waals surface area contributed by atoms with Gasteiger partial charge in [-0.2, -0.15) is 0 Å². The number of ether oxygens (including phenoxy) is 1. The fourth-order valence-electron chi connectivity index (χ4n) is 2.26. The highest BCUT2D eigenvalue weighted by Gasteiger charge is 2.08. The van der Waals surface area contributed by atoms with Crippen molar-refractivity contribution in [2.45, 2.75) is 25.7 Å². The number of ketones is 1. The number of unbranched alkanes of at least 4 members (excludes halogenated alkanes) is 3. The molecule has 0 saturated heterocycles. The highest BCUT2D eigenvalue weighted by molar-refractivity contribution is 9.10. The van der Waals surface area contributed by atoms with Crippen LogP contribution in [0.25, 0.3) is 0 Å². The third-order valence-corrected chi connectivity index (χ3v) is 4.12. The number of halogens is 1. The summed E-state index contributed by atoms with van der Waals surface area (Å²) in [4.78, 5) is 12.4. The molecule has 23 heavy (non-hydrogen) atoms. The lowest BCUT2D eigenvalue weighted by Crippen LogP contribution is -2.02. The van der Waals surface area contributed by atoms with Crippen molar-refractivity contribution >= 4 is 21.7 Å². The van der Waals surface area contributed by atoms with Crippen LogP contribution in [0.1, 0.15) is 41.6 Å². The molecular formula is C19H22BrNO2. The second-order valence-corrected chi connectivity index (χ2v) is 6.33. The number of rotatable bonds is 9. The second-order valence-electron chi connectivity index (χ2n) is 5.41. The topological polar surface area (TPSA) is 52.3 Å². The molecule has 0 saturated carbocycles. The largest absolute Gasteiger partial charge is 0.494 e. The summed E-state index contributed by atoms with van der Waals surface area (Å²) >= 11 is 3.37. The Morgan fingerprint density at radius 3 is 2.04 bits per heavy atom. The molecule has 0 aromatic heterocycles. The highest BCUT2D eigenvalue weighted by Crippen LogP contribution is 2.17. The normalized spacial score (nSPS) is 10.5. The maximum absolute atomic E-state index is 12.4. The van der Waals surface area contributed by atoms with E-state index in [1.54, 1.807) is 0 Å². The van der Waals surface area contributed by atoms with E-state index in [9.17, 15) is 4.79 Å². The number of benzene rings is 2. The minimum atomic E-state index is 0.0193. The first kappa shape index (κ1) is 17.7. The summed E-state index contributed by atoms with van der Waals surface area (Å²) in [6.07, 6.45) is 4.39. The fraction of sp³-hybridized carbons (Fsp3) is 0.316. The zero-order valence-corrected chi connectivity index (χ0v) is 14.7. The zero-order chi connectivity index (χ0) is 16.5. The quantitative estimate of drug-likeness (QED) is 0.515. The van der Waals surface area contributed by atoms with E-state index < -0.39 is 0 Å². The average molecular weight is 376 g/mol. The van der Waals surface area contributed by atoms with Gasteiger partial charge in [0, 0.05) is 15.6 Å². The minimum Gasteiger partial charge on any atom is -0.494 e. The van der Waals surface area contributed by atoms with Crippen molar-refractivity contribution in [3.05, 3.63) is 64.1 Å². The number of nitrogens with two attached hydrogens (primary N) is 1. The van der Waals surface area contributed by atoms with Crippen LogP contribution in [0.5, 0.6) is 5.75 Å². The van der Waals surface area contributed by atoms with E-state index in [1.807, 2.05) is 48.5 Å². The zero-order valence-electron chi connectivity index (χ0n) is 13.1. The van der Waals surface area contributed by atoms with Gasteiger partial charge in [0.2, 0.25) is 0 Å². The Hall–Kier alpha value is -1.65. The minimum absolute atomic E-state index is 0.0193. The number of hydrogen-bond donors (Lipinski definition) is 1. The van der Waals surface area contributed by atoms with Gasteiger partial charge in [-0.05, 0) is 67.9 Å². The lowest BCUT2D eigenvalue weighted by atomic mass is 10.0. The van der Waals surface area contributed by atoms with Gasteiger partial charge < -0.3 is 10.5 Å². The summed E-state index contributed by atoms with van der Waals surface area (Å²) in [6.45, 7) is 1.46. The third-order valence-electron chi connectivity index (χ3n) is 3.59. The smallest absolute Gasteiger partial charge is 0.193 e. The van der Waals surface area contributed by atoms with Gasteiger partial charge in [-0.15, -0.1) is 0 Å². The molecule has 2 N–H and O–H groups in total. The lowest BCUT2D eigenvalue weighted by molar-refractivity contribution is 0.103. The molecule has 122 valence electrons. The van der Waals surface area contributed by atoms with Gasteiger partial charge in [0.25, 0.3) is 0 Å². The Morgan fingerprint density at radius 1 is 0.870 bits per heavy atom. The molecule has 4 heteroatoms. The van der Waals surface area contributed by atoms with Gasteiger partial charge in [0.1, 0.15) is 5.75 Å². The summed E-state index contributed by atoms with van der Waals surface area (Å²) in [5.41, 5.74) is 6.81. The maximum Gasteiger partial charge on any atom is 0.193 e. The molecule has 0 aliphatic carbocycles. The predicted octanol–water partition coefficient (Wildman–Crippen LogP) is 4.58. The van der Waals surface area contributed by atoms with Crippen LogP contribution in [0.3, 0.4) is 0 Å². The second kappa shape index (κ2) is 9.48. The Balaban J connectivity index is 1.84. The van der Waals surface area contributed by atoms with E-state index in [2.05, 4.69) is 15.9 Å². The van der Waals surface area contributed by atoms with E-state index in [-0.39, 0.29) is 5.78 Å². The molecule has 0 amide bonds. The van der Waals surface area contributed by atoms with E-state index in [4.69, 9.17) is 10.5 Å². The van der Waals surface area contributed by atoms with Gasteiger partial charge in [-0.3, -0.25) is 4.79 Å². The Morgan fingerprint density at radius 2 is 1.43 bits per heavy atom. The molecule has 0 aliphatic rings. The van der Waals surface area contributed by atoms with Crippen molar-refractivity contribution in [1.82, 2.24) is 0 Å². The van der Waals surface area contributed by atoms with Crippen LogP contribution < -0.4 is 10.5 Å². The summed E-state index contributed by atoms with van der Waals surface area (Å²) in [7, 11) is 0. The van der Waals surface area contributed by atoms with Gasteiger partial charge in [-0.1, -0.05) is 28.8 Å². The van der Waals surface area contributed by atoms with Crippen molar-refractivity contribution in [3.63, 3.8) is 0 Å². The number of hydrogen-bond acceptors (Lipinski definition) is 3. The number of carbonyl (C=O) groups is 1. The van der Waals surface area contributed by atoms with Crippen LogP contribution in [0, 0.1) is 0 Å². The van der Waals surface area contributed by atoms with E-state index >= 15 is 0 Å². The van der Waals surface area contributed by atoms with Crippen LogP contribution in [0.4, 0.5) is 0 Å². The molecule has 0 heterocycles. The average Bonchev–Trinajstić information content (AvgIpc) is 2.58. The summed E-state index contributed by atoms with van der Waals surface area (Å²) in [6, 6.07) is 14.7. The molecular weight excluding hydrogens is 354 g/mol. The lowest BCUT2D eigenvalue weighted by Gasteiger charge is -2.07. The molecule has 2 aromatic carbocycles. The van der Waals surface area contributed by atoms with Gasteiger partial charge >= 0.3 is 0 Å². The van der Waals surface area contributed by atoms with Gasteiger partial charge in [0.15, 0.2) is 5.78 Å². The Kier molecular flexibility index (Phi) is 7.30. The van der Waals surface area contributed by atoms with Crippen molar-refractivity contribution in [1.29, 1.82) is 0 Å². The van der Waals surface area contributed by atoms with Gasteiger partial charge in [0.05, 0.1) is 6.61 Å². The molecule has 0 radical (unpaired) electrons. The molecule has 2 rings (SSSR count). The molecule has 0 spiro atoms. The molecule has 2 aromatic rings. The fourth-order valence-corrected chi connectivity index (χ4v) is 2.52. The van der Waals surface area contributed by atoms with Crippen LogP contribution in [-0.4, -0.2) is 18.9 Å². The van der Waals surface area contributed by atoms with Crippen LogP contribution in [0.15, 0.2) is 53.0 Å². The maximum atomic E-state index is 12.4. The molecule has 3 nitrogen and oxygen atoms in total. The first-order valence-corrected chi connectivity index (χ1v) is 8.73. The summed E-state index contributed by atoms with van der Waals surface area (Å²) in [5, 5.41) is 0. The standard InChI is InChI=1S/C19H22BrNO2/c20-17-9-5-15(6-10-17)19(22)16-7-11-18(12-8-16)23-14-4-2-1-3-13-21/h5-12H,1-4,13-14,21H2. The van der Waals surface area contributed by atoms with Crippen molar-refractivity contribution in [3.8, 4) is 5.75 Å². The van der Waals surface area contributed by atoms with Crippen molar-refractivity contribution in [2.24, 2.45) is 5.73 Å². The van der Waals surface area contributed by atoms with E-state index in [0.717, 1.165) is 42.5 Å². The predicted molar refractivity (Wildman–Crippen MR) is 97.0 cm³/mol.